The van der Waals surface area contributed by atoms with E-state index < -0.39 is 0 Å². The third-order valence-corrected chi connectivity index (χ3v) is 2.97. The van der Waals surface area contributed by atoms with Crippen molar-refractivity contribution in [1.29, 1.82) is 0 Å². The minimum absolute atomic E-state index is 0.734. The van der Waals surface area contributed by atoms with Gasteiger partial charge in [-0.1, -0.05) is 27.2 Å². The lowest BCUT2D eigenvalue weighted by Crippen LogP contribution is -2.01. The fourth-order valence-corrected chi connectivity index (χ4v) is 1.94. The van der Waals surface area contributed by atoms with Crippen LogP contribution in [0.4, 0.5) is 5.69 Å². The number of aryl methyl sites for hydroxylation is 2. The van der Waals surface area contributed by atoms with Crippen molar-refractivity contribution in [3.63, 3.8) is 0 Å². The van der Waals surface area contributed by atoms with Gasteiger partial charge in [0, 0.05) is 22.3 Å². The van der Waals surface area contributed by atoms with Crippen LogP contribution in [0.25, 0.3) is 0 Å². The van der Waals surface area contributed by atoms with E-state index in [-0.39, 0.29) is 0 Å². The van der Waals surface area contributed by atoms with Crippen LogP contribution in [-0.2, 0) is 6.54 Å². The predicted molar refractivity (Wildman–Crippen MR) is 67.4 cm³/mol. The Labute approximate surface area is 103 Å². The Bertz CT molecular complexity index is 474. The van der Waals surface area contributed by atoms with Gasteiger partial charge in [-0.15, -0.1) is 0 Å². The zero-order chi connectivity index (χ0) is 11.5. The van der Waals surface area contributed by atoms with Crippen LogP contribution in [0, 0.1) is 13.8 Å². The van der Waals surface area contributed by atoms with Gasteiger partial charge in [-0.25, -0.2) is 0 Å². The van der Waals surface area contributed by atoms with Crippen molar-refractivity contribution < 1.29 is 4.52 Å². The normalized spacial score (nSPS) is 10.4. The van der Waals surface area contributed by atoms with Crippen LogP contribution in [0.2, 0.25) is 0 Å². The summed E-state index contributed by atoms with van der Waals surface area (Å²) in [5.41, 5.74) is 3.15. The third-order valence-electron chi connectivity index (χ3n) is 2.48. The molecule has 1 aromatic heterocycles. The van der Waals surface area contributed by atoms with Crippen molar-refractivity contribution in [1.82, 2.24) is 5.16 Å². The molecule has 3 nitrogen and oxygen atoms in total. The Morgan fingerprint density at radius 2 is 2.19 bits per heavy atom. The minimum Gasteiger partial charge on any atom is -0.381 e. The first-order valence-electron chi connectivity index (χ1n) is 5.08. The molecular formula is C12H13BrN2O. The lowest BCUT2D eigenvalue weighted by atomic mass is 10.2. The van der Waals surface area contributed by atoms with Crippen LogP contribution in [0.1, 0.15) is 17.0 Å². The molecule has 0 atom stereocenters. The van der Waals surface area contributed by atoms with Crippen molar-refractivity contribution >= 4 is 21.6 Å². The molecular weight excluding hydrogens is 268 g/mol. The first-order valence-corrected chi connectivity index (χ1v) is 5.87. The van der Waals surface area contributed by atoms with E-state index in [4.69, 9.17) is 4.52 Å². The van der Waals surface area contributed by atoms with Gasteiger partial charge in [-0.05, 0) is 32.0 Å². The number of benzene rings is 1. The maximum atomic E-state index is 5.11. The van der Waals surface area contributed by atoms with E-state index in [1.165, 1.54) is 0 Å². The van der Waals surface area contributed by atoms with Crippen molar-refractivity contribution in [3.8, 4) is 0 Å². The highest BCUT2D eigenvalue weighted by Crippen LogP contribution is 2.18. The summed E-state index contributed by atoms with van der Waals surface area (Å²) in [6.45, 7) is 4.62. The molecule has 84 valence electrons. The van der Waals surface area contributed by atoms with Gasteiger partial charge in [-0.2, -0.15) is 0 Å². The molecule has 0 aliphatic heterocycles. The van der Waals surface area contributed by atoms with E-state index in [0.29, 0.717) is 0 Å². The summed E-state index contributed by atoms with van der Waals surface area (Å²) in [4.78, 5) is 0. The highest BCUT2D eigenvalue weighted by molar-refractivity contribution is 9.10. The van der Waals surface area contributed by atoms with Crippen molar-refractivity contribution in [2.24, 2.45) is 0 Å². The summed E-state index contributed by atoms with van der Waals surface area (Å²) in [5, 5.41) is 7.26. The quantitative estimate of drug-likeness (QED) is 0.932. The number of aromatic nitrogens is 1. The summed E-state index contributed by atoms with van der Waals surface area (Å²) < 4.78 is 6.17. The number of hydrogen-bond donors (Lipinski definition) is 1. The topological polar surface area (TPSA) is 38.1 Å². The monoisotopic (exact) mass is 280 g/mol. The number of rotatable bonds is 3. The lowest BCUT2D eigenvalue weighted by Gasteiger charge is -2.06. The van der Waals surface area contributed by atoms with Crippen LogP contribution in [0.5, 0.6) is 0 Å². The zero-order valence-electron chi connectivity index (χ0n) is 9.25. The summed E-state index contributed by atoms with van der Waals surface area (Å²) in [7, 11) is 0. The molecule has 0 radical (unpaired) electrons. The Morgan fingerprint density at radius 1 is 1.38 bits per heavy atom. The second-order valence-electron chi connectivity index (χ2n) is 3.67. The molecule has 0 bridgehead atoms. The van der Waals surface area contributed by atoms with E-state index in [1.807, 2.05) is 38.1 Å². The molecule has 1 N–H and O–H groups in total. The number of nitrogens with one attached hydrogen (secondary N) is 1. The van der Waals surface area contributed by atoms with Gasteiger partial charge in [0.15, 0.2) is 0 Å². The summed E-state index contributed by atoms with van der Waals surface area (Å²) >= 11 is 3.44. The smallest absolute Gasteiger partial charge is 0.138 e. The number of hydrogen-bond acceptors (Lipinski definition) is 3. The zero-order valence-corrected chi connectivity index (χ0v) is 10.8. The van der Waals surface area contributed by atoms with Crippen LogP contribution in [-0.4, -0.2) is 5.16 Å². The van der Waals surface area contributed by atoms with Crippen LogP contribution < -0.4 is 5.32 Å². The molecule has 0 aliphatic rings. The largest absolute Gasteiger partial charge is 0.381 e. The van der Waals surface area contributed by atoms with Gasteiger partial charge >= 0.3 is 0 Å². The van der Waals surface area contributed by atoms with Gasteiger partial charge < -0.3 is 9.84 Å². The molecule has 0 saturated heterocycles. The van der Waals surface area contributed by atoms with Gasteiger partial charge in [0.05, 0.1) is 5.69 Å². The molecule has 16 heavy (non-hydrogen) atoms. The van der Waals surface area contributed by atoms with E-state index in [0.717, 1.165) is 33.7 Å². The van der Waals surface area contributed by atoms with Gasteiger partial charge in [0.2, 0.25) is 0 Å². The molecule has 4 heteroatoms. The minimum atomic E-state index is 0.734. The molecule has 2 aromatic rings. The van der Waals surface area contributed by atoms with E-state index >= 15 is 0 Å². The molecule has 0 unspecified atom stereocenters. The highest BCUT2D eigenvalue weighted by atomic mass is 79.9. The molecule has 2 rings (SSSR count). The first-order chi connectivity index (χ1) is 7.66. The molecule has 0 aliphatic carbocycles. The summed E-state index contributed by atoms with van der Waals surface area (Å²) in [5.74, 6) is 0.875. The molecule has 0 amide bonds. The van der Waals surface area contributed by atoms with Gasteiger partial charge in [-0.3, -0.25) is 0 Å². The van der Waals surface area contributed by atoms with Crippen LogP contribution in [0.15, 0.2) is 33.3 Å². The van der Waals surface area contributed by atoms with E-state index in [9.17, 15) is 0 Å². The fraction of sp³-hybridized carbons (Fsp3) is 0.250. The van der Waals surface area contributed by atoms with Crippen LogP contribution >= 0.6 is 15.9 Å². The van der Waals surface area contributed by atoms with Crippen molar-refractivity contribution in [2.75, 3.05) is 5.32 Å². The molecule has 0 saturated carbocycles. The fourth-order valence-electron chi connectivity index (χ4n) is 1.54. The second-order valence-corrected chi connectivity index (χ2v) is 4.58. The van der Waals surface area contributed by atoms with E-state index in [1.54, 1.807) is 0 Å². The summed E-state index contributed by atoms with van der Waals surface area (Å²) in [6, 6.07) is 8.07. The van der Waals surface area contributed by atoms with Crippen molar-refractivity contribution in [3.05, 3.63) is 45.8 Å². The Morgan fingerprint density at radius 3 is 2.81 bits per heavy atom. The van der Waals surface area contributed by atoms with Gasteiger partial charge in [0.25, 0.3) is 0 Å². The standard InChI is InChI=1S/C12H13BrN2O/c1-8-12(9(2)16-15-8)7-14-11-5-3-4-10(13)6-11/h3-6,14H,7H2,1-2H3. The maximum absolute atomic E-state index is 5.11. The Balaban J connectivity index is 2.08. The highest BCUT2D eigenvalue weighted by Gasteiger charge is 2.07. The summed E-state index contributed by atoms with van der Waals surface area (Å²) in [6.07, 6.45) is 0. The van der Waals surface area contributed by atoms with Crippen molar-refractivity contribution in [2.45, 2.75) is 20.4 Å². The predicted octanol–water partition coefficient (Wildman–Crippen LogP) is 3.67. The van der Waals surface area contributed by atoms with E-state index in [2.05, 4.69) is 26.4 Å². The molecule has 0 fully saturated rings. The SMILES string of the molecule is Cc1noc(C)c1CNc1cccc(Br)c1. The molecule has 1 aromatic carbocycles. The lowest BCUT2D eigenvalue weighted by molar-refractivity contribution is 0.392. The van der Waals surface area contributed by atoms with Gasteiger partial charge in [0.1, 0.15) is 5.76 Å². The Kier molecular flexibility index (Phi) is 3.29. The molecule has 1 heterocycles. The Hall–Kier alpha value is -1.29. The third kappa shape index (κ3) is 2.44. The number of nitrogens with zero attached hydrogens (tertiary/aromatic N) is 1. The molecule has 0 spiro atoms. The average molecular weight is 281 g/mol. The second kappa shape index (κ2) is 4.70. The van der Waals surface area contributed by atoms with Crippen LogP contribution in [0.3, 0.4) is 0 Å². The average Bonchev–Trinajstić information content (AvgIpc) is 2.56. The number of anilines is 1. The maximum Gasteiger partial charge on any atom is 0.138 e. The first kappa shape index (κ1) is 11.2. The number of halogens is 1.